The van der Waals surface area contributed by atoms with Crippen LogP contribution in [-0.2, 0) is 16.1 Å². The van der Waals surface area contributed by atoms with Gasteiger partial charge in [0.2, 0.25) is 5.90 Å². The maximum Gasteiger partial charge on any atom is 0.252 e. The SMILES string of the molecule is O=C(NCc1ccc(F)c(F)c1)[C@]1(C/C=C/c2ccccc2)N=C(c2ccc(OCCCO)cc2)O[C@@H]1c1ccc(-c2ccccc2)cc1. The van der Waals surface area contributed by atoms with Gasteiger partial charge < -0.3 is 19.9 Å². The predicted molar refractivity (Wildman–Crippen MR) is 187 cm³/mol. The van der Waals surface area contributed by atoms with E-state index in [0.29, 0.717) is 29.9 Å². The summed E-state index contributed by atoms with van der Waals surface area (Å²) in [6, 6.07) is 38.4. The molecular weight excluding hydrogens is 622 g/mol. The van der Waals surface area contributed by atoms with Crippen LogP contribution < -0.4 is 10.1 Å². The van der Waals surface area contributed by atoms with Crippen LogP contribution in [0.5, 0.6) is 5.75 Å². The van der Waals surface area contributed by atoms with Gasteiger partial charge in [-0.1, -0.05) is 103 Å². The molecule has 1 amide bonds. The first-order chi connectivity index (χ1) is 23.9. The lowest BCUT2D eigenvalue weighted by atomic mass is 9.83. The van der Waals surface area contributed by atoms with Gasteiger partial charge in [0.25, 0.3) is 5.91 Å². The zero-order chi connectivity index (χ0) is 34.1. The number of aliphatic hydroxyl groups is 1. The van der Waals surface area contributed by atoms with Crippen molar-refractivity contribution in [1.29, 1.82) is 0 Å². The summed E-state index contributed by atoms with van der Waals surface area (Å²) in [5, 5.41) is 12.0. The van der Waals surface area contributed by atoms with Gasteiger partial charge in [-0.2, -0.15) is 0 Å². The number of amides is 1. The molecule has 0 fully saturated rings. The first kappa shape index (κ1) is 33.3. The smallest absolute Gasteiger partial charge is 0.252 e. The minimum Gasteiger partial charge on any atom is -0.494 e. The number of halogens is 2. The van der Waals surface area contributed by atoms with Crippen molar-refractivity contribution in [3.05, 3.63) is 167 Å². The quantitative estimate of drug-likeness (QED) is 0.126. The molecule has 5 aromatic rings. The number of aliphatic hydroxyl groups excluding tert-OH is 1. The fourth-order valence-corrected chi connectivity index (χ4v) is 5.72. The highest BCUT2D eigenvalue weighted by Gasteiger charge is 2.52. The molecule has 1 aliphatic heterocycles. The van der Waals surface area contributed by atoms with Crippen LogP contribution in [0.4, 0.5) is 8.78 Å². The lowest BCUT2D eigenvalue weighted by molar-refractivity contribution is -0.129. The second kappa shape index (κ2) is 15.5. The number of rotatable bonds is 13. The van der Waals surface area contributed by atoms with Crippen LogP contribution in [0, 0.1) is 11.6 Å². The molecule has 0 saturated heterocycles. The molecule has 2 atom stereocenters. The Bertz CT molecular complexity index is 1910. The van der Waals surface area contributed by atoms with E-state index in [1.807, 2.05) is 109 Å². The minimum atomic E-state index is -1.45. The number of nitrogens with one attached hydrogen (secondary N) is 1. The van der Waals surface area contributed by atoms with Gasteiger partial charge >= 0.3 is 0 Å². The van der Waals surface area contributed by atoms with Gasteiger partial charge in [0.1, 0.15) is 5.75 Å². The number of hydrogen-bond donors (Lipinski definition) is 2. The molecule has 1 heterocycles. The molecule has 0 radical (unpaired) electrons. The highest BCUT2D eigenvalue weighted by Crippen LogP contribution is 2.43. The number of carbonyl (C=O) groups excluding carboxylic acids is 1. The second-order valence-electron chi connectivity index (χ2n) is 11.7. The van der Waals surface area contributed by atoms with E-state index in [-0.39, 0.29) is 25.5 Å². The molecule has 0 aromatic heterocycles. The van der Waals surface area contributed by atoms with Crippen LogP contribution in [0.25, 0.3) is 17.2 Å². The standard InChI is InChI=1S/C41H36F2N2O4/c42-36-23-14-30(27-37(36)43)28-44-40(47)41(24-7-11-29-9-3-1-4-10-29)38(33-17-15-32(16-18-33)31-12-5-2-6-13-31)49-39(45-41)34-19-21-35(22-20-34)48-26-8-25-46/h1-7,9-23,27,38,46H,8,24-26,28H2,(H,44,47)/b11-7+/t38-,41-/m1/s1. The van der Waals surface area contributed by atoms with Crippen molar-refractivity contribution >= 4 is 17.9 Å². The van der Waals surface area contributed by atoms with Gasteiger partial charge in [-0.15, -0.1) is 0 Å². The lowest BCUT2D eigenvalue weighted by Crippen LogP contribution is -2.47. The van der Waals surface area contributed by atoms with Crippen molar-refractivity contribution < 1.29 is 28.2 Å². The number of carbonyl (C=O) groups is 1. The maximum atomic E-state index is 14.4. The Balaban J connectivity index is 1.38. The van der Waals surface area contributed by atoms with E-state index in [2.05, 4.69) is 5.32 Å². The molecule has 1 aliphatic rings. The van der Waals surface area contributed by atoms with Crippen LogP contribution in [0.15, 0.2) is 138 Å². The van der Waals surface area contributed by atoms with Crippen molar-refractivity contribution in [1.82, 2.24) is 5.32 Å². The number of nitrogens with zero attached hydrogens (tertiary/aromatic N) is 1. The third kappa shape index (κ3) is 7.93. The number of hydrogen-bond acceptors (Lipinski definition) is 5. The van der Waals surface area contributed by atoms with Crippen LogP contribution in [0.3, 0.4) is 0 Å². The molecule has 0 bridgehead atoms. The van der Waals surface area contributed by atoms with Gasteiger partial charge in [0, 0.05) is 31.6 Å². The Morgan fingerprint density at radius 1 is 0.837 bits per heavy atom. The van der Waals surface area contributed by atoms with Gasteiger partial charge in [0.15, 0.2) is 23.3 Å². The highest BCUT2D eigenvalue weighted by atomic mass is 19.2. The molecule has 0 spiro atoms. The lowest BCUT2D eigenvalue weighted by Gasteiger charge is -2.30. The van der Waals surface area contributed by atoms with Gasteiger partial charge in [-0.3, -0.25) is 4.79 Å². The number of benzene rings is 5. The second-order valence-corrected chi connectivity index (χ2v) is 11.7. The van der Waals surface area contributed by atoms with Crippen LogP contribution >= 0.6 is 0 Å². The monoisotopic (exact) mass is 658 g/mol. The summed E-state index contributed by atoms with van der Waals surface area (Å²) < 4.78 is 40.0. The molecule has 0 unspecified atom stereocenters. The van der Waals surface area contributed by atoms with Crippen LogP contribution in [-0.4, -0.2) is 35.7 Å². The molecule has 248 valence electrons. The molecule has 49 heavy (non-hydrogen) atoms. The zero-order valence-electron chi connectivity index (χ0n) is 26.8. The van der Waals surface area contributed by atoms with E-state index < -0.39 is 29.2 Å². The van der Waals surface area contributed by atoms with E-state index >= 15 is 0 Å². The molecule has 6 nitrogen and oxygen atoms in total. The van der Waals surface area contributed by atoms with E-state index in [4.69, 9.17) is 19.6 Å². The van der Waals surface area contributed by atoms with Gasteiger partial charge in [-0.05, 0) is 64.2 Å². The summed E-state index contributed by atoms with van der Waals surface area (Å²) >= 11 is 0. The third-order valence-electron chi connectivity index (χ3n) is 8.33. The van der Waals surface area contributed by atoms with E-state index in [0.717, 1.165) is 34.4 Å². The summed E-state index contributed by atoms with van der Waals surface area (Å²) in [6.07, 6.45) is 3.72. The average molecular weight is 659 g/mol. The Hall–Kier alpha value is -5.60. The predicted octanol–water partition coefficient (Wildman–Crippen LogP) is 8.07. The fourth-order valence-electron chi connectivity index (χ4n) is 5.72. The van der Waals surface area contributed by atoms with Crippen molar-refractivity contribution in [3.8, 4) is 16.9 Å². The molecule has 2 N–H and O–H groups in total. The summed E-state index contributed by atoms with van der Waals surface area (Å²) in [5.41, 5.74) is 3.39. The average Bonchev–Trinajstić information content (AvgIpc) is 3.54. The van der Waals surface area contributed by atoms with Gasteiger partial charge in [0.05, 0.1) is 6.61 Å². The fraction of sp³-hybridized carbons (Fsp3) is 0.171. The van der Waals surface area contributed by atoms with Crippen molar-refractivity contribution in [3.63, 3.8) is 0 Å². The normalized spacial score (nSPS) is 17.0. The van der Waals surface area contributed by atoms with Crippen molar-refractivity contribution in [2.24, 2.45) is 4.99 Å². The first-order valence-corrected chi connectivity index (χ1v) is 16.1. The molecule has 0 saturated carbocycles. The Morgan fingerprint density at radius 3 is 2.20 bits per heavy atom. The third-order valence-corrected chi connectivity index (χ3v) is 8.33. The first-order valence-electron chi connectivity index (χ1n) is 16.1. The number of ether oxygens (including phenoxy) is 2. The summed E-state index contributed by atoms with van der Waals surface area (Å²) in [5.74, 6) is -1.46. The van der Waals surface area contributed by atoms with Crippen molar-refractivity contribution in [2.75, 3.05) is 13.2 Å². The Labute approximate surface area is 284 Å². The molecule has 8 heteroatoms. The van der Waals surface area contributed by atoms with E-state index in [9.17, 15) is 13.6 Å². The summed E-state index contributed by atoms with van der Waals surface area (Å²) in [6.45, 7) is 0.378. The largest absolute Gasteiger partial charge is 0.494 e. The van der Waals surface area contributed by atoms with Crippen LogP contribution in [0.2, 0.25) is 0 Å². The molecule has 0 aliphatic carbocycles. The summed E-state index contributed by atoms with van der Waals surface area (Å²) in [7, 11) is 0. The van der Waals surface area contributed by atoms with E-state index in [1.54, 1.807) is 12.1 Å². The summed E-state index contributed by atoms with van der Waals surface area (Å²) in [4.78, 5) is 19.5. The van der Waals surface area contributed by atoms with Crippen LogP contribution in [0.1, 0.15) is 41.2 Å². The zero-order valence-corrected chi connectivity index (χ0v) is 26.8. The molecule has 5 aromatic carbocycles. The molecule has 6 rings (SSSR count). The topological polar surface area (TPSA) is 80.2 Å². The highest BCUT2D eigenvalue weighted by molar-refractivity contribution is 6.01. The number of aliphatic imine (C=N–C) groups is 1. The van der Waals surface area contributed by atoms with Gasteiger partial charge in [-0.25, -0.2) is 13.8 Å². The van der Waals surface area contributed by atoms with E-state index in [1.165, 1.54) is 6.07 Å². The Kier molecular flexibility index (Phi) is 10.6. The maximum absolute atomic E-state index is 14.4. The molecular formula is C41H36F2N2O4. The van der Waals surface area contributed by atoms with Crippen molar-refractivity contribution in [2.45, 2.75) is 31.0 Å². The Morgan fingerprint density at radius 2 is 1.51 bits per heavy atom. The minimum absolute atomic E-state index is 0.0371.